The molecule has 0 radical (unpaired) electrons. The first-order valence-electron chi connectivity index (χ1n) is 8.45. The summed E-state index contributed by atoms with van der Waals surface area (Å²) in [6, 6.07) is 8.55. The van der Waals surface area contributed by atoms with E-state index in [2.05, 4.69) is 53.6 Å². The molecule has 0 aromatic heterocycles. The molecule has 5 heteroatoms. The fourth-order valence-electron chi connectivity index (χ4n) is 2.92. The molecule has 1 aromatic carbocycles. The number of nitrogens with one attached hydrogen (secondary N) is 2. The molecule has 0 aliphatic carbocycles. The summed E-state index contributed by atoms with van der Waals surface area (Å²) in [5, 5.41) is 6.42. The van der Waals surface area contributed by atoms with Crippen LogP contribution in [0.25, 0.3) is 0 Å². The van der Waals surface area contributed by atoms with Crippen molar-refractivity contribution >= 4 is 18.3 Å². The molecule has 1 heterocycles. The molecule has 1 atom stereocenters. The van der Waals surface area contributed by atoms with Gasteiger partial charge in [0.2, 0.25) is 5.91 Å². The van der Waals surface area contributed by atoms with Crippen molar-refractivity contribution in [3.05, 3.63) is 35.4 Å². The third-order valence-corrected chi connectivity index (χ3v) is 4.43. The molecule has 0 bridgehead atoms. The van der Waals surface area contributed by atoms with Crippen LogP contribution in [0.2, 0.25) is 0 Å². The summed E-state index contributed by atoms with van der Waals surface area (Å²) in [6.07, 6.45) is 1.58. The summed E-state index contributed by atoms with van der Waals surface area (Å²) in [6.45, 7) is 10.2. The maximum Gasteiger partial charge on any atom is 0.220 e. The maximum absolute atomic E-state index is 12.2. The van der Waals surface area contributed by atoms with Gasteiger partial charge in [0.15, 0.2) is 0 Å². The van der Waals surface area contributed by atoms with E-state index in [1.165, 1.54) is 11.1 Å². The second kappa shape index (κ2) is 10.6. The van der Waals surface area contributed by atoms with Gasteiger partial charge in [-0.1, -0.05) is 36.8 Å². The van der Waals surface area contributed by atoms with Gasteiger partial charge in [0.25, 0.3) is 0 Å². The number of halogens is 1. The average Bonchev–Trinajstić information content (AvgIpc) is 2.54. The standard InChI is InChI=1S/C18H29N3O.ClH/c1-3-16(17-6-4-15(2)5-7-17)14-18(22)20-10-13-21-11-8-19-9-12-21;/h4-7,16,19H,3,8-14H2,1-2H3,(H,20,22);1H. The number of carbonyl (C=O) groups excluding carboxylic acids is 1. The van der Waals surface area contributed by atoms with Crippen molar-refractivity contribution in [2.45, 2.75) is 32.6 Å². The van der Waals surface area contributed by atoms with Gasteiger partial charge in [-0.3, -0.25) is 9.69 Å². The Morgan fingerprint density at radius 1 is 1.26 bits per heavy atom. The number of piperazine rings is 1. The number of rotatable bonds is 7. The number of aryl methyl sites for hydroxylation is 1. The van der Waals surface area contributed by atoms with Gasteiger partial charge in [0, 0.05) is 45.7 Å². The second-order valence-corrected chi connectivity index (χ2v) is 6.16. The zero-order valence-corrected chi connectivity index (χ0v) is 15.1. The van der Waals surface area contributed by atoms with Crippen molar-refractivity contribution < 1.29 is 4.79 Å². The molecule has 2 N–H and O–H groups in total. The van der Waals surface area contributed by atoms with Gasteiger partial charge in [0.1, 0.15) is 0 Å². The Morgan fingerprint density at radius 2 is 1.91 bits per heavy atom. The van der Waals surface area contributed by atoms with E-state index in [-0.39, 0.29) is 18.3 Å². The Kier molecular flexibility index (Phi) is 9.22. The summed E-state index contributed by atoms with van der Waals surface area (Å²) in [7, 11) is 0. The van der Waals surface area contributed by atoms with E-state index < -0.39 is 0 Å². The molecule has 1 amide bonds. The number of hydrogen-bond acceptors (Lipinski definition) is 3. The van der Waals surface area contributed by atoms with Crippen LogP contribution in [-0.2, 0) is 4.79 Å². The van der Waals surface area contributed by atoms with Gasteiger partial charge in [-0.2, -0.15) is 0 Å². The topological polar surface area (TPSA) is 44.4 Å². The maximum atomic E-state index is 12.2. The minimum atomic E-state index is 0. The molecule has 130 valence electrons. The fourth-order valence-corrected chi connectivity index (χ4v) is 2.92. The largest absolute Gasteiger partial charge is 0.355 e. The average molecular weight is 340 g/mol. The third-order valence-electron chi connectivity index (χ3n) is 4.43. The molecule has 0 spiro atoms. The first-order valence-corrected chi connectivity index (χ1v) is 8.45. The lowest BCUT2D eigenvalue weighted by Gasteiger charge is -2.27. The molecule has 1 fully saturated rings. The molecule has 1 aliphatic heterocycles. The van der Waals surface area contributed by atoms with Crippen molar-refractivity contribution in [2.75, 3.05) is 39.3 Å². The number of carbonyl (C=O) groups is 1. The predicted octanol–water partition coefficient (Wildman–Crippen LogP) is 2.32. The Morgan fingerprint density at radius 3 is 2.52 bits per heavy atom. The minimum Gasteiger partial charge on any atom is -0.355 e. The Labute approximate surface area is 146 Å². The van der Waals surface area contributed by atoms with Gasteiger partial charge in [-0.25, -0.2) is 0 Å². The summed E-state index contributed by atoms with van der Waals surface area (Å²) in [5.74, 6) is 0.488. The molecular weight excluding hydrogens is 310 g/mol. The van der Waals surface area contributed by atoms with Gasteiger partial charge < -0.3 is 10.6 Å². The van der Waals surface area contributed by atoms with E-state index >= 15 is 0 Å². The first-order chi connectivity index (χ1) is 10.7. The molecule has 1 saturated heterocycles. The van der Waals surface area contributed by atoms with Gasteiger partial charge in [-0.15, -0.1) is 12.4 Å². The van der Waals surface area contributed by atoms with E-state index in [9.17, 15) is 4.79 Å². The lowest BCUT2D eigenvalue weighted by atomic mass is 9.92. The van der Waals surface area contributed by atoms with Crippen molar-refractivity contribution in [3.63, 3.8) is 0 Å². The molecule has 2 rings (SSSR count). The van der Waals surface area contributed by atoms with Crippen molar-refractivity contribution in [2.24, 2.45) is 0 Å². The van der Waals surface area contributed by atoms with Crippen LogP contribution in [0.1, 0.15) is 36.8 Å². The smallest absolute Gasteiger partial charge is 0.220 e. The molecule has 23 heavy (non-hydrogen) atoms. The Hall–Kier alpha value is -1.10. The molecule has 1 unspecified atom stereocenters. The summed E-state index contributed by atoms with van der Waals surface area (Å²) >= 11 is 0. The van der Waals surface area contributed by atoms with Crippen molar-refractivity contribution in [1.82, 2.24) is 15.5 Å². The lowest BCUT2D eigenvalue weighted by molar-refractivity contribution is -0.121. The van der Waals surface area contributed by atoms with Gasteiger partial charge >= 0.3 is 0 Å². The number of nitrogens with zero attached hydrogens (tertiary/aromatic N) is 1. The highest BCUT2D eigenvalue weighted by Crippen LogP contribution is 2.23. The van der Waals surface area contributed by atoms with Crippen LogP contribution in [0.5, 0.6) is 0 Å². The summed E-state index contributed by atoms with van der Waals surface area (Å²) in [4.78, 5) is 14.5. The highest BCUT2D eigenvalue weighted by molar-refractivity contribution is 5.85. The van der Waals surface area contributed by atoms with Gasteiger partial charge in [0.05, 0.1) is 0 Å². The normalized spacial score (nSPS) is 16.4. The highest BCUT2D eigenvalue weighted by Gasteiger charge is 2.15. The summed E-state index contributed by atoms with van der Waals surface area (Å²) in [5.41, 5.74) is 2.53. The zero-order chi connectivity index (χ0) is 15.8. The molecular formula is C18H30ClN3O. The van der Waals surface area contributed by atoms with Crippen molar-refractivity contribution in [1.29, 1.82) is 0 Å². The minimum absolute atomic E-state index is 0. The van der Waals surface area contributed by atoms with Crippen LogP contribution in [0, 0.1) is 6.92 Å². The van der Waals surface area contributed by atoms with Crippen molar-refractivity contribution in [3.8, 4) is 0 Å². The zero-order valence-electron chi connectivity index (χ0n) is 14.3. The molecule has 1 aromatic rings. The number of hydrogen-bond donors (Lipinski definition) is 2. The summed E-state index contributed by atoms with van der Waals surface area (Å²) < 4.78 is 0. The van der Waals surface area contributed by atoms with E-state index in [1.807, 2.05) is 0 Å². The van der Waals surface area contributed by atoms with Crippen LogP contribution < -0.4 is 10.6 Å². The molecule has 4 nitrogen and oxygen atoms in total. The molecule has 1 aliphatic rings. The first kappa shape index (κ1) is 19.9. The quantitative estimate of drug-likeness (QED) is 0.801. The molecule has 0 saturated carbocycles. The predicted molar refractivity (Wildman–Crippen MR) is 98.4 cm³/mol. The lowest BCUT2D eigenvalue weighted by Crippen LogP contribution is -2.46. The van der Waals surface area contributed by atoms with Crippen LogP contribution in [0.3, 0.4) is 0 Å². The Balaban J connectivity index is 0.00000264. The highest BCUT2D eigenvalue weighted by atomic mass is 35.5. The van der Waals surface area contributed by atoms with Gasteiger partial charge in [-0.05, 0) is 24.8 Å². The second-order valence-electron chi connectivity index (χ2n) is 6.16. The van der Waals surface area contributed by atoms with Crippen LogP contribution in [0.4, 0.5) is 0 Å². The monoisotopic (exact) mass is 339 g/mol. The fraction of sp³-hybridized carbons (Fsp3) is 0.611. The SMILES string of the molecule is CCC(CC(=O)NCCN1CCNCC1)c1ccc(C)cc1.Cl. The third kappa shape index (κ3) is 6.90. The number of amides is 1. The van der Waals surface area contributed by atoms with Crippen LogP contribution in [0.15, 0.2) is 24.3 Å². The van der Waals surface area contributed by atoms with Crippen LogP contribution >= 0.6 is 12.4 Å². The van der Waals surface area contributed by atoms with E-state index in [4.69, 9.17) is 0 Å². The number of benzene rings is 1. The van der Waals surface area contributed by atoms with E-state index in [0.29, 0.717) is 12.3 Å². The Bertz CT molecular complexity index is 458. The van der Waals surface area contributed by atoms with E-state index in [0.717, 1.165) is 45.7 Å². The van der Waals surface area contributed by atoms with Crippen LogP contribution in [-0.4, -0.2) is 50.1 Å². The van der Waals surface area contributed by atoms with E-state index in [1.54, 1.807) is 0 Å².